The van der Waals surface area contributed by atoms with Crippen molar-refractivity contribution < 1.29 is 32.2 Å². The van der Waals surface area contributed by atoms with Crippen LogP contribution in [0.3, 0.4) is 0 Å². The molecule has 3 heterocycles. The Morgan fingerprint density at radius 3 is 2.81 bits per heavy atom. The average molecular weight is 531 g/mol. The summed E-state index contributed by atoms with van der Waals surface area (Å²) in [6.07, 6.45) is -2.61. The molecule has 2 aliphatic heterocycles. The van der Waals surface area contributed by atoms with Crippen LogP contribution < -0.4 is 25.4 Å². The van der Waals surface area contributed by atoms with E-state index in [2.05, 4.69) is 20.9 Å². The number of nitrogens with zero attached hydrogens (tertiary/aromatic N) is 1. The molecule has 3 N–H and O–H groups in total. The Labute approximate surface area is 213 Å². The first-order valence-corrected chi connectivity index (χ1v) is 11.8. The van der Waals surface area contributed by atoms with E-state index in [4.69, 9.17) is 21.1 Å². The van der Waals surface area contributed by atoms with E-state index in [0.717, 1.165) is 23.3 Å². The highest BCUT2D eigenvalue weighted by Crippen LogP contribution is 2.54. The highest BCUT2D eigenvalue weighted by Gasteiger charge is 2.59. The molecular formula is C25H18ClF3N4O4. The molecule has 0 spiro atoms. The topological polar surface area (TPSA) is 102 Å². The molecule has 37 heavy (non-hydrogen) atoms. The average Bonchev–Trinajstić information content (AvgIpc) is 3.35. The van der Waals surface area contributed by atoms with Crippen molar-refractivity contribution in [2.24, 2.45) is 0 Å². The van der Waals surface area contributed by atoms with Gasteiger partial charge < -0.3 is 25.4 Å². The maximum atomic E-state index is 13.3. The van der Waals surface area contributed by atoms with Gasteiger partial charge in [0.25, 0.3) is 0 Å². The van der Waals surface area contributed by atoms with E-state index in [1.807, 2.05) is 6.07 Å². The zero-order chi connectivity index (χ0) is 25.9. The summed E-state index contributed by atoms with van der Waals surface area (Å²) in [6, 6.07) is 9.01. The van der Waals surface area contributed by atoms with Crippen molar-refractivity contribution in [1.29, 1.82) is 0 Å². The second-order valence-electron chi connectivity index (χ2n) is 8.91. The van der Waals surface area contributed by atoms with Gasteiger partial charge in [0.05, 0.1) is 23.2 Å². The molecule has 0 saturated heterocycles. The number of halogens is 4. The first-order valence-electron chi connectivity index (χ1n) is 11.4. The van der Waals surface area contributed by atoms with E-state index in [0.29, 0.717) is 35.9 Å². The van der Waals surface area contributed by atoms with Gasteiger partial charge in [-0.25, -0.2) is 9.78 Å². The van der Waals surface area contributed by atoms with E-state index in [1.165, 1.54) is 6.07 Å². The van der Waals surface area contributed by atoms with Crippen LogP contribution in [0.4, 0.5) is 29.5 Å². The lowest BCUT2D eigenvalue weighted by atomic mass is 10.1. The molecule has 3 atom stereocenters. The fourth-order valence-electron chi connectivity index (χ4n) is 4.73. The highest BCUT2D eigenvalue weighted by atomic mass is 35.5. The maximum absolute atomic E-state index is 13.3. The van der Waals surface area contributed by atoms with E-state index in [-0.39, 0.29) is 23.0 Å². The van der Waals surface area contributed by atoms with Crippen molar-refractivity contribution in [2.75, 3.05) is 10.6 Å². The van der Waals surface area contributed by atoms with Gasteiger partial charge in [-0.15, -0.1) is 0 Å². The number of benzene rings is 2. The van der Waals surface area contributed by atoms with Crippen LogP contribution in [0, 0.1) is 0 Å². The van der Waals surface area contributed by atoms with Crippen LogP contribution >= 0.6 is 11.6 Å². The van der Waals surface area contributed by atoms with Crippen molar-refractivity contribution in [2.45, 2.75) is 37.1 Å². The summed E-state index contributed by atoms with van der Waals surface area (Å²) in [6.45, 7) is 0. The summed E-state index contributed by atoms with van der Waals surface area (Å²) in [5, 5.41) is 7.59. The number of nitrogens with one attached hydrogen (secondary N) is 3. The summed E-state index contributed by atoms with van der Waals surface area (Å²) in [4.78, 5) is 28.3. The number of carbonyl (C=O) groups excluding carboxylic acids is 2. The van der Waals surface area contributed by atoms with Gasteiger partial charge in [0.15, 0.2) is 0 Å². The zero-order valence-electron chi connectivity index (χ0n) is 18.9. The zero-order valence-corrected chi connectivity index (χ0v) is 19.6. The summed E-state index contributed by atoms with van der Waals surface area (Å²) >= 11 is 5.70. The van der Waals surface area contributed by atoms with Crippen LogP contribution in [0.2, 0.25) is 5.02 Å². The molecule has 8 nitrogen and oxygen atoms in total. The molecule has 1 aromatic heterocycles. The van der Waals surface area contributed by atoms with Crippen molar-refractivity contribution in [1.82, 2.24) is 10.3 Å². The minimum Gasteiger partial charge on any atom is -0.487 e. The normalized spacial score (nSPS) is 21.1. The predicted octanol–water partition coefficient (Wildman–Crippen LogP) is 5.48. The lowest BCUT2D eigenvalue weighted by molar-refractivity contribution is -0.136. The van der Waals surface area contributed by atoms with Gasteiger partial charge in [-0.3, -0.25) is 4.79 Å². The molecule has 190 valence electrons. The Morgan fingerprint density at radius 2 is 2.00 bits per heavy atom. The van der Waals surface area contributed by atoms with Crippen LogP contribution in [-0.4, -0.2) is 29.1 Å². The smallest absolute Gasteiger partial charge is 0.418 e. The number of ether oxygens (including phenoxy) is 2. The van der Waals surface area contributed by atoms with Gasteiger partial charge >= 0.3 is 12.2 Å². The number of rotatable bonds is 4. The standard InChI is InChI=1S/C25H18ClF3N4O4/c26-11-1-4-16(15(9-11)25(27,28)29)31-24(35)33-21-20-14-10-12(2-5-17(14)37-22(20)21)36-18-7-8-30-23-13(18)3-6-19(34)32-23/h1-2,4-5,7-10,20-22H,3,6H2,(H,30,32,34)(H2,31,33,35)/t20-,21-,22-/m0/s1. The molecular weight excluding hydrogens is 513 g/mol. The number of fused-ring (bicyclic) bond motifs is 4. The van der Waals surface area contributed by atoms with Gasteiger partial charge in [-0.2, -0.15) is 13.2 Å². The molecule has 1 saturated carbocycles. The van der Waals surface area contributed by atoms with Crippen LogP contribution in [0.15, 0.2) is 48.7 Å². The van der Waals surface area contributed by atoms with Crippen LogP contribution in [0.1, 0.15) is 29.0 Å². The molecule has 2 aromatic carbocycles. The molecule has 0 bridgehead atoms. The van der Waals surface area contributed by atoms with Gasteiger partial charge in [-0.1, -0.05) is 11.6 Å². The highest BCUT2D eigenvalue weighted by molar-refractivity contribution is 6.30. The van der Waals surface area contributed by atoms with Crippen molar-refractivity contribution in [3.05, 3.63) is 70.4 Å². The number of hydrogen-bond donors (Lipinski definition) is 3. The number of hydrogen-bond acceptors (Lipinski definition) is 5. The predicted molar refractivity (Wildman–Crippen MR) is 127 cm³/mol. The van der Waals surface area contributed by atoms with Crippen LogP contribution in [0.25, 0.3) is 0 Å². The van der Waals surface area contributed by atoms with E-state index >= 15 is 0 Å². The van der Waals surface area contributed by atoms with Gasteiger partial charge in [0, 0.05) is 28.8 Å². The Morgan fingerprint density at radius 1 is 1.16 bits per heavy atom. The first kappa shape index (κ1) is 23.4. The number of urea groups is 1. The SMILES string of the molecule is O=C1CCc2c(Oc3ccc4c(c3)[C@H]3[C@H](NC(=O)Nc5ccc(Cl)cc5C(F)(F)F)[C@H]3O4)ccnc2N1. The van der Waals surface area contributed by atoms with Crippen molar-refractivity contribution in [3.8, 4) is 17.2 Å². The monoisotopic (exact) mass is 530 g/mol. The van der Waals surface area contributed by atoms with Crippen LogP contribution in [0.5, 0.6) is 17.2 Å². The first-order chi connectivity index (χ1) is 17.7. The van der Waals surface area contributed by atoms with Crippen molar-refractivity contribution in [3.63, 3.8) is 0 Å². The Kier molecular flexibility index (Phi) is 5.41. The van der Waals surface area contributed by atoms with E-state index in [1.54, 1.807) is 24.4 Å². The molecule has 1 aliphatic carbocycles. The molecule has 0 radical (unpaired) electrons. The number of aromatic nitrogens is 1. The number of carbonyl (C=O) groups is 2. The van der Waals surface area contributed by atoms with Gasteiger partial charge in [0.2, 0.25) is 5.91 Å². The fourth-order valence-corrected chi connectivity index (χ4v) is 4.90. The maximum Gasteiger partial charge on any atom is 0.418 e. The third kappa shape index (κ3) is 4.39. The van der Waals surface area contributed by atoms with E-state index in [9.17, 15) is 22.8 Å². The second kappa shape index (κ2) is 8.55. The van der Waals surface area contributed by atoms with Crippen LogP contribution in [-0.2, 0) is 17.4 Å². The molecule has 3 aromatic rings. The summed E-state index contributed by atoms with van der Waals surface area (Å²) in [7, 11) is 0. The quantitative estimate of drug-likeness (QED) is 0.415. The van der Waals surface area contributed by atoms with E-state index < -0.39 is 29.5 Å². The lowest BCUT2D eigenvalue weighted by Gasteiger charge is -2.19. The van der Waals surface area contributed by atoms with Gasteiger partial charge in [0.1, 0.15) is 29.2 Å². The fraction of sp³-hybridized carbons (Fsp3) is 0.240. The largest absolute Gasteiger partial charge is 0.487 e. The number of alkyl halides is 3. The molecule has 3 aliphatic rings. The minimum atomic E-state index is -4.68. The number of amides is 3. The molecule has 6 rings (SSSR count). The minimum absolute atomic E-state index is 0.0879. The Hall–Kier alpha value is -3.99. The Balaban J connectivity index is 1.15. The van der Waals surface area contributed by atoms with Gasteiger partial charge in [-0.05, 0) is 48.9 Å². The molecule has 0 unspecified atom stereocenters. The van der Waals surface area contributed by atoms with Crippen molar-refractivity contribution >= 4 is 35.0 Å². The summed E-state index contributed by atoms with van der Waals surface area (Å²) in [5.74, 6) is 1.99. The number of pyridine rings is 1. The number of anilines is 2. The molecule has 12 heteroatoms. The lowest BCUT2D eigenvalue weighted by Crippen LogP contribution is -2.34. The Bertz CT molecular complexity index is 1450. The molecule has 1 fully saturated rings. The summed E-state index contributed by atoms with van der Waals surface area (Å²) < 4.78 is 52.0. The third-order valence-corrected chi connectivity index (χ3v) is 6.73. The second-order valence-corrected chi connectivity index (χ2v) is 9.34. The summed E-state index contributed by atoms with van der Waals surface area (Å²) in [5.41, 5.74) is 0.202. The third-order valence-electron chi connectivity index (χ3n) is 6.49. The molecule has 3 amide bonds.